The lowest BCUT2D eigenvalue weighted by atomic mass is 9.47. The third-order valence-electron chi connectivity index (χ3n) is 9.92. The van der Waals surface area contributed by atoms with Crippen LogP contribution >= 0.6 is 0 Å². The molecule has 160 valence electrons. The summed E-state index contributed by atoms with van der Waals surface area (Å²) in [7, 11) is 0. The van der Waals surface area contributed by atoms with Crippen LogP contribution in [-0.2, 0) is 0 Å². The number of allylic oxidation sites excluding steroid dienone is 1. The van der Waals surface area contributed by atoms with Gasteiger partial charge in [0, 0.05) is 9.60 Å². The Morgan fingerprint density at radius 3 is 2.75 bits per heavy atom. The Hall–Kier alpha value is -0.300. The quantitative estimate of drug-likeness (QED) is 0.483. The summed E-state index contributed by atoms with van der Waals surface area (Å²) in [4.78, 5) is 0. The van der Waals surface area contributed by atoms with Gasteiger partial charge in [-0.05, 0) is 97.7 Å². The average Bonchev–Trinajstić information content (AvgIpc) is 3.09. The predicted molar refractivity (Wildman–Crippen MR) is 119 cm³/mol. The van der Waals surface area contributed by atoms with Crippen molar-refractivity contribution in [2.45, 2.75) is 111 Å². The van der Waals surface area contributed by atoms with Crippen molar-refractivity contribution in [2.24, 2.45) is 46.3 Å². The SMILES string of the molecule is [2H]C([2H])([2H])C([2H])(CCCC(C)C1CCC2C3CC=C4CC(O)CC[C@]4(C)C3CC[C@]12C)C([2H])([2H])[2H]. The van der Waals surface area contributed by atoms with Crippen LogP contribution < -0.4 is 0 Å². The molecule has 0 aromatic carbocycles. The lowest BCUT2D eigenvalue weighted by Gasteiger charge is -2.58. The second-order valence-electron chi connectivity index (χ2n) is 11.2. The first-order chi connectivity index (χ1) is 16.0. The smallest absolute Gasteiger partial charge is 0.0577 e. The van der Waals surface area contributed by atoms with Crippen LogP contribution in [0.1, 0.15) is 115 Å². The highest BCUT2D eigenvalue weighted by molar-refractivity contribution is 5.25. The number of aliphatic hydroxyl groups excluding tert-OH is 1. The summed E-state index contributed by atoms with van der Waals surface area (Å²) in [6.45, 7) is 1.59. The van der Waals surface area contributed by atoms with Gasteiger partial charge in [0.25, 0.3) is 0 Å². The van der Waals surface area contributed by atoms with E-state index < -0.39 is 19.6 Å². The van der Waals surface area contributed by atoms with E-state index in [2.05, 4.69) is 26.8 Å². The number of hydrogen-bond acceptors (Lipinski definition) is 1. The second-order valence-corrected chi connectivity index (χ2v) is 11.2. The highest BCUT2D eigenvalue weighted by atomic mass is 16.3. The van der Waals surface area contributed by atoms with Gasteiger partial charge in [-0.25, -0.2) is 0 Å². The van der Waals surface area contributed by atoms with E-state index in [1.807, 2.05) is 0 Å². The predicted octanol–water partition coefficient (Wildman–Crippen LogP) is 7.39. The van der Waals surface area contributed by atoms with Crippen molar-refractivity contribution >= 4 is 0 Å². The van der Waals surface area contributed by atoms with Crippen LogP contribution in [0.5, 0.6) is 0 Å². The molecule has 0 saturated heterocycles. The van der Waals surface area contributed by atoms with E-state index in [1.165, 1.54) is 31.3 Å². The van der Waals surface area contributed by atoms with E-state index in [-0.39, 0.29) is 23.4 Å². The molecule has 4 aliphatic rings. The highest BCUT2D eigenvalue weighted by Crippen LogP contribution is 2.67. The minimum absolute atomic E-state index is 0.111. The fourth-order valence-electron chi connectivity index (χ4n) is 8.42. The third-order valence-corrected chi connectivity index (χ3v) is 9.92. The maximum absolute atomic E-state index is 10.2. The minimum atomic E-state index is -2.82. The van der Waals surface area contributed by atoms with Crippen LogP contribution in [0.4, 0.5) is 0 Å². The van der Waals surface area contributed by atoms with E-state index in [1.54, 1.807) is 0 Å². The molecule has 3 fully saturated rings. The van der Waals surface area contributed by atoms with E-state index in [9.17, 15) is 5.11 Å². The molecule has 0 bridgehead atoms. The summed E-state index contributed by atoms with van der Waals surface area (Å²) < 4.78 is 54.5. The summed E-state index contributed by atoms with van der Waals surface area (Å²) in [5.74, 6) is 0.700. The number of aliphatic hydroxyl groups is 1. The molecule has 0 heterocycles. The summed E-state index contributed by atoms with van der Waals surface area (Å²) in [5, 5.41) is 10.2. The molecule has 8 atom stereocenters. The molecule has 1 nitrogen and oxygen atoms in total. The topological polar surface area (TPSA) is 20.2 Å². The van der Waals surface area contributed by atoms with Crippen molar-refractivity contribution in [3.8, 4) is 0 Å². The van der Waals surface area contributed by atoms with E-state index in [0.717, 1.165) is 32.1 Å². The molecule has 0 aromatic heterocycles. The van der Waals surface area contributed by atoms with Gasteiger partial charge in [0.15, 0.2) is 0 Å². The zero-order valence-corrected chi connectivity index (χ0v) is 18.3. The standard InChI is InChI=1S/C27H46O/c1-18(2)7-6-8-19(3)23-11-12-24-22-10-9-20-17-21(28)13-15-26(20,4)25(22)14-16-27(23,24)5/h9,18-19,21-25,28H,6-8,10-17H2,1-5H3/t19?,21?,22?,23?,24?,25?,26-,27+/m0/s1/i1D3,2D3,18D. The van der Waals surface area contributed by atoms with Crippen molar-refractivity contribution in [2.75, 3.05) is 0 Å². The summed E-state index contributed by atoms with van der Waals surface area (Å²) in [6, 6.07) is 0. The summed E-state index contributed by atoms with van der Waals surface area (Å²) >= 11 is 0. The fraction of sp³-hybridized carbons (Fsp3) is 0.926. The first-order valence-electron chi connectivity index (χ1n) is 15.4. The lowest BCUT2D eigenvalue weighted by molar-refractivity contribution is -0.0573. The highest BCUT2D eigenvalue weighted by Gasteiger charge is 2.59. The first kappa shape index (κ1) is 13.9. The van der Waals surface area contributed by atoms with Crippen LogP contribution in [0.25, 0.3) is 0 Å². The van der Waals surface area contributed by atoms with Crippen LogP contribution in [0.3, 0.4) is 0 Å². The molecule has 28 heavy (non-hydrogen) atoms. The second kappa shape index (κ2) is 7.75. The average molecular weight is 394 g/mol. The zero-order chi connectivity index (χ0) is 26.0. The van der Waals surface area contributed by atoms with Gasteiger partial charge in [0.1, 0.15) is 0 Å². The van der Waals surface area contributed by atoms with Crippen LogP contribution in [0.15, 0.2) is 11.6 Å². The minimum Gasteiger partial charge on any atom is -0.393 e. The monoisotopic (exact) mass is 393 g/mol. The number of rotatable bonds is 5. The van der Waals surface area contributed by atoms with Crippen molar-refractivity contribution in [1.29, 1.82) is 0 Å². The van der Waals surface area contributed by atoms with Gasteiger partial charge in [-0.2, -0.15) is 0 Å². The Morgan fingerprint density at radius 1 is 1.14 bits per heavy atom. The van der Waals surface area contributed by atoms with E-state index in [0.29, 0.717) is 36.0 Å². The molecule has 0 aliphatic heterocycles. The number of hydrogen-bond donors (Lipinski definition) is 1. The molecular formula is C27H46O. The maximum atomic E-state index is 10.2. The normalized spacial score (nSPS) is 51.5. The van der Waals surface area contributed by atoms with Crippen molar-refractivity contribution in [1.82, 2.24) is 0 Å². The summed E-state index contributed by atoms with van der Waals surface area (Å²) in [5.41, 5.74) is 2.03. The molecule has 1 N–H and O–H groups in total. The van der Waals surface area contributed by atoms with Crippen molar-refractivity contribution in [3.05, 3.63) is 11.6 Å². The van der Waals surface area contributed by atoms with Gasteiger partial charge in [0.2, 0.25) is 0 Å². The van der Waals surface area contributed by atoms with Gasteiger partial charge in [-0.3, -0.25) is 0 Å². The van der Waals surface area contributed by atoms with Crippen LogP contribution in [0, 0.1) is 46.3 Å². The van der Waals surface area contributed by atoms with Gasteiger partial charge >= 0.3 is 0 Å². The van der Waals surface area contributed by atoms with E-state index >= 15 is 0 Å². The zero-order valence-electron chi connectivity index (χ0n) is 25.3. The molecule has 4 aliphatic carbocycles. The molecule has 0 amide bonds. The maximum Gasteiger partial charge on any atom is 0.0577 e. The first-order valence-corrected chi connectivity index (χ1v) is 11.9. The van der Waals surface area contributed by atoms with Crippen LogP contribution in [0.2, 0.25) is 0 Å². The van der Waals surface area contributed by atoms with Gasteiger partial charge in [-0.15, -0.1) is 0 Å². The summed E-state index contributed by atoms with van der Waals surface area (Å²) in [6.07, 6.45) is 12.4. The number of fused-ring (bicyclic) bond motifs is 5. The Morgan fingerprint density at radius 2 is 1.96 bits per heavy atom. The molecule has 3 saturated carbocycles. The van der Waals surface area contributed by atoms with E-state index in [4.69, 9.17) is 9.60 Å². The van der Waals surface area contributed by atoms with Gasteiger partial charge in [-0.1, -0.05) is 65.4 Å². The Kier molecular flexibility index (Phi) is 3.85. The Bertz CT molecular complexity index is 803. The van der Waals surface area contributed by atoms with Crippen LogP contribution in [-0.4, -0.2) is 11.2 Å². The van der Waals surface area contributed by atoms with Gasteiger partial charge in [0.05, 0.1) is 6.10 Å². The molecule has 6 unspecified atom stereocenters. The molecular weight excluding hydrogens is 340 g/mol. The molecule has 0 radical (unpaired) electrons. The third kappa shape index (κ3) is 3.42. The lowest BCUT2D eigenvalue weighted by Crippen LogP contribution is -2.50. The van der Waals surface area contributed by atoms with Crippen molar-refractivity contribution < 1.29 is 14.7 Å². The molecule has 4 rings (SSSR count). The molecule has 1 heteroatoms. The van der Waals surface area contributed by atoms with Gasteiger partial charge < -0.3 is 5.11 Å². The fourth-order valence-corrected chi connectivity index (χ4v) is 8.42. The molecule has 0 spiro atoms. The largest absolute Gasteiger partial charge is 0.393 e. The Labute approximate surface area is 184 Å². The Balaban J connectivity index is 1.43. The van der Waals surface area contributed by atoms with Crippen molar-refractivity contribution in [3.63, 3.8) is 0 Å². The molecule has 0 aromatic rings.